The van der Waals surface area contributed by atoms with Gasteiger partial charge in [-0.15, -0.1) is 0 Å². The van der Waals surface area contributed by atoms with Crippen molar-refractivity contribution in [3.63, 3.8) is 0 Å². The first-order chi connectivity index (χ1) is 13.6. The molecule has 1 saturated carbocycles. The molecule has 28 heavy (non-hydrogen) atoms. The highest BCUT2D eigenvalue weighted by molar-refractivity contribution is 6.18. The molecule has 1 heterocycles. The van der Waals surface area contributed by atoms with Crippen molar-refractivity contribution < 1.29 is 14.4 Å². The second-order valence-corrected chi connectivity index (χ2v) is 7.29. The van der Waals surface area contributed by atoms with Crippen LogP contribution in [0.1, 0.15) is 41.6 Å². The van der Waals surface area contributed by atoms with E-state index in [1.54, 1.807) is 24.3 Å². The molecule has 1 unspecified atom stereocenters. The molecule has 1 aliphatic carbocycles. The van der Waals surface area contributed by atoms with Gasteiger partial charge in [-0.05, 0) is 30.5 Å². The molecule has 0 aromatic heterocycles. The van der Waals surface area contributed by atoms with Crippen molar-refractivity contribution in [2.24, 2.45) is 0 Å². The van der Waals surface area contributed by atoms with E-state index in [0.717, 1.165) is 31.2 Å². The molecule has 144 valence electrons. The lowest BCUT2D eigenvalue weighted by Gasteiger charge is -2.33. The lowest BCUT2D eigenvalue weighted by Crippen LogP contribution is -2.57. The average Bonchev–Trinajstić information content (AvgIpc) is 3.21. The maximum atomic E-state index is 13.3. The van der Waals surface area contributed by atoms with Crippen LogP contribution in [0.25, 0.3) is 0 Å². The van der Waals surface area contributed by atoms with Crippen LogP contribution < -0.4 is 10.6 Å². The molecule has 0 bridgehead atoms. The Balaban J connectivity index is 1.64. The highest BCUT2D eigenvalue weighted by Crippen LogP contribution is 2.31. The molecular weight excluding hydrogens is 354 g/mol. The molecule has 3 amide bonds. The zero-order valence-corrected chi connectivity index (χ0v) is 15.6. The van der Waals surface area contributed by atoms with E-state index in [9.17, 15) is 14.4 Å². The quantitative estimate of drug-likeness (QED) is 0.804. The van der Waals surface area contributed by atoms with Gasteiger partial charge in [0.15, 0.2) is 6.04 Å². The second-order valence-electron chi connectivity index (χ2n) is 7.29. The number of nitrogens with zero attached hydrogens (tertiary/aromatic N) is 1. The van der Waals surface area contributed by atoms with E-state index >= 15 is 0 Å². The fourth-order valence-corrected chi connectivity index (χ4v) is 4.05. The third-order valence-corrected chi connectivity index (χ3v) is 5.45. The van der Waals surface area contributed by atoms with Crippen LogP contribution in [0.2, 0.25) is 0 Å². The summed E-state index contributed by atoms with van der Waals surface area (Å²) in [7, 11) is 0. The summed E-state index contributed by atoms with van der Waals surface area (Å²) >= 11 is 0. The van der Waals surface area contributed by atoms with Gasteiger partial charge in [-0.3, -0.25) is 14.4 Å². The summed E-state index contributed by atoms with van der Waals surface area (Å²) < 4.78 is 0. The summed E-state index contributed by atoms with van der Waals surface area (Å²) in [5.74, 6) is -1.18. The number of hydrogen-bond acceptors (Lipinski definition) is 3. The Kier molecular flexibility index (Phi) is 5.10. The van der Waals surface area contributed by atoms with Crippen molar-refractivity contribution in [2.45, 2.75) is 44.3 Å². The molecule has 1 aliphatic heterocycles. The normalized spacial score (nSPS) is 19.7. The van der Waals surface area contributed by atoms with Gasteiger partial charge >= 0.3 is 0 Å². The van der Waals surface area contributed by atoms with Gasteiger partial charge in [0, 0.05) is 12.6 Å². The van der Waals surface area contributed by atoms with Gasteiger partial charge in [0.05, 0.1) is 11.3 Å². The SMILES string of the molecule is O=C(NCc1ccccc1)C1C(=O)Nc2ccccc2C(=O)N1C1CCCC1. The van der Waals surface area contributed by atoms with Gasteiger partial charge in [0.1, 0.15) is 0 Å². The molecule has 2 aromatic rings. The van der Waals surface area contributed by atoms with Crippen LogP contribution in [0.3, 0.4) is 0 Å². The monoisotopic (exact) mass is 377 g/mol. The minimum Gasteiger partial charge on any atom is -0.350 e. The number of amides is 3. The van der Waals surface area contributed by atoms with Crippen LogP contribution >= 0.6 is 0 Å². The highest BCUT2D eigenvalue weighted by atomic mass is 16.2. The second kappa shape index (κ2) is 7.84. The average molecular weight is 377 g/mol. The first-order valence-electron chi connectivity index (χ1n) is 9.69. The third-order valence-electron chi connectivity index (χ3n) is 5.45. The Hall–Kier alpha value is -3.15. The van der Waals surface area contributed by atoms with E-state index in [0.29, 0.717) is 17.8 Å². The topological polar surface area (TPSA) is 78.5 Å². The van der Waals surface area contributed by atoms with Crippen molar-refractivity contribution in [2.75, 3.05) is 5.32 Å². The molecule has 0 saturated heterocycles. The molecule has 2 aromatic carbocycles. The number of benzene rings is 2. The Morgan fingerprint density at radius 2 is 1.68 bits per heavy atom. The molecule has 6 heteroatoms. The van der Waals surface area contributed by atoms with Crippen LogP contribution in [0, 0.1) is 0 Å². The minimum atomic E-state index is -1.17. The summed E-state index contributed by atoms with van der Waals surface area (Å²) in [5, 5.41) is 5.61. The molecule has 0 spiro atoms. The van der Waals surface area contributed by atoms with E-state index in [1.165, 1.54) is 4.90 Å². The highest BCUT2D eigenvalue weighted by Gasteiger charge is 2.43. The van der Waals surface area contributed by atoms with Gasteiger partial charge < -0.3 is 15.5 Å². The summed E-state index contributed by atoms with van der Waals surface area (Å²) in [6, 6.07) is 15.2. The number of fused-ring (bicyclic) bond motifs is 1. The van der Waals surface area contributed by atoms with Crippen LogP contribution in [-0.2, 0) is 16.1 Å². The molecule has 1 fully saturated rings. The van der Waals surface area contributed by atoms with Crippen molar-refractivity contribution in [3.05, 3.63) is 65.7 Å². The molecule has 1 atom stereocenters. The molecule has 2 aliphatic rings. The van der Waals surface area contributed by atoms with Gasteiger partial charge in [-0.2, -0.15) is 0 Å². The first-order valence-corrected chi connectivity index (χ1v) is 9.69. The van der Waals surface area contributed by atoms with E-state index in [-0.39, 0.29) is 11.9 Å². The van der Waals surface area contributed by atoms with Crippen LogP contribution in [0.5, 0.6) is 0 Å². The Morgan fingerprint density at radius 3 is 2.43 bits per heavy atom. The minimum absolute atomic E-state index is 0.100. The van der Waals surface area contributed by atoms with Crippen molar-refractivity contribution in [3.8, 4) is 0 Å². The van der Waals surface area contributed by atoms with Gasteiger partial charge in [0.25, 0.3) is 17.7 Å². The third kappa shape index (κ3) is 3.50. The summed E-state index contributed by atoms with van der Waals surface area (Å²) in [4.78, 5) is 40.8. The summed E-state index contributed by atoms with van der Waals surface area (Å²) in [6.07, 6.45) is 3.61. The Labute approximate surface area is 163 Å². The lowest BCUT2D eigenvalue weighted by atomic mass is 10.1. The molecule has 6 nitrogen and oxygen atoms in total. The van der Waals surface area contributed by atoms with E-state index in [4.69, 9.17) is 0 Å². The molecule has 2 N–H and O–H groups in total. The van der Waals surface area contributed by atoms with Crippen molar-refractivity contribution in [1.29, 1.82) is 0 Å². The van der Waals surface area contributed by atoms with E-state index in [2.05, 4.69) is 10.6 Å². The fourth-order valence-electron chi connectivity index (χ4n) is 4.05. The first kappa shape index (κ1) is 18.2. The summed E-state index contributed by atoms with van der Waals surface area (Å²) in [5.41, 5.74) is 1.83. The number of rotatable bonds is 4. The Morgan fingerprint density at radius 1 is 1.00 bits per heavy atom. The number of hydrogen-bond donors (Lipinski definition) is 2. The maximum absolute atomic E-state index is 13.3. The maximum Gasteiger partial charge on any atom is 0.257 e. The van der Waals surface area contributed by atoms with Gasteiger partial charge in [-0.1, -0.05) is 55.3 Å². The van der Waals surface area contributed by atoms with E-state index in [1.807, 2.05) is 30.3 Å². The predicted molar refractivity (Wildman–Crippen MR) is 106 cm³/mol. The van der Waals surface area contributed by atoms with Crippen LogP contribution in [0.4, 0.5) is 5.69 Å². The zero-order valence-electron chi connectivity index (χ0n) is 15.6. The molecule has 4 rings (SSSR count). The van der Waals surface area contributed by atoms with Gasteiger partial charge in [-0.25, -0.2) is 0 Å². The van der Waals surface area contributed by atoms with Gasteiger partial charge in [0.2, 0.25) is 0 Å². The molecular formula is C22H23N3O3. The smallest absolute Gasteiger partial charge is 0.257 e. The Bertz CT molecular complexity index is 891. The van der Waals surface area contributed by atoms with Crippen LogP contribution in [0.15, 0.2) is 54.6 Å². The van der Waals surface area contributed by atoms with Crippen molar-refractivity contribution >= 4 is 23.4 Å². The summed E-state index contributed by atoms with van der Waals surface area (Å²) in [6.45, 7) is 0.309. The largest absolute Gasteiger partial charge is 0.350 e. The van der Waals surface area contributed by atoms with Crippen LogP contribution in [-0.4, -0.2) is 34.7 Å². The number of carbonyl (C=O) groups is 3. The lowest BCUT2D eigenvalue weighted by molar-refractivity contribution is -0.134. The standard InChI is InChI=1S/C22H23N3O3/c26-20(23-14-15-8-2-1-3-9-15)19-21(27)24-18-13-7-6-12-17(18)22(28)25(19)16-10-4-5-11-16/h1-3,6-9,12-13,16,19H,4-5,10-11,14H2,(H,23,26)(H,24,27). The fraction of sp³-hybridized carbons (Fsp3) is 0.318. The number of anilines is 1. The predicted octanol–water partition coefficient (Wildman–Crippen LogP) is 2.71. The number of para-hydroxylation sites is 1. The molecule has 0 radical (unpaired) electrons. The number of nitrogens with one attached hydrogen (secondary N) is 2. The van der Waals surface area contributed by atoms with E-state index < -0.39 is 17.9 Å². The van der Waals surface area contributed by atoms with Crippen molar-refractivity contribution in [1.82, 2.24) is 10.2 Å². The number of carbonyl (C=O) groups excluding carboxylic acids is 3. The zero-order chi connectivity index (χ0) is 19.5.